The first kappa shape index (κ1) is 19.1. The van der Waals surface area contributed by atoms with Gasteiger partial charge in [-0.3, -0.25) is 4.79 Å². The summed E-state index contributed by atoms with van der Waals surface area (Å²) in [6.07, 6.45) is 11.0. The minimum atomic E-state index is -3.23. The molecule has 0 saturated carbocycles. The standard InChI is InChI=1S/C20H28N2O3S/c1-26(24,25)19-9-7-17(8-10-19)20(23)11-15-22-14-5-6-18(22)16-21-12-3-2-4-13-21/h7-11,15,18H,2-6,12-14,16H2,1H3/t18-/m0/s1. The first-order valence-electron chi connectivity index (χ1n) is 9.44. The molecule has 142 valence electrons. The van der Waals surface area contributed by atoms with Crippen molar-refractivity contribution in [3.8, 4) is 0 Å². The zero-order valence-corrected chi connectivity index (χ0v) is 16.2. The molecule has 1 aromatic carbocycles. The van der Waals surface area contributed by atoms with E-state index in [-0.39, 0.29) is 10.7 Å². The molecule has 1 aromatic rings. The number of likely N-dealkylation sites (tertiary alicyclic amines) is 2. The predicted molar refractivity (Wildman–Crippen MR) is 103 cm³/mol. The van der Waals surface area contributed by atoms with Crippen molar-refractivity contribution in [2.45, 2.75) is 43.0 Å². The SMILES string of the molecule is CS(=O)(=O)c1ccc(C(=O)C=CN2CCC[C@H]2CN2CCCCC2)cc1. The van der Waals surface area contributed by atoms with Gasteiger partial charge in [-0.15, -0.1) is 0 Å². The molecule has 0 spiro atoms. The molecule has 0 aliphatic carbocycles. The molecule has 26 heavy (non-hydrogen) atoms. The largest absolute Gasteiger partial charge is 0.373 e. The fourth-order valence-corrected chi connectivity index (χ4v) is 4.45. The number of carbonyl (C=O) groups excluding carboxylic acids is 1. The maximum atomic E-state index is 12.4. The molecular formula is C20H28N2O3S. The zero-order chi connectivity index (χ0) is 18.6. The number of nitrogens with zero attached hydrogens (tertiary/aromatic N) is 2. The van der Waals surface area contributed by atoms with Crippen LogP contribution in [0.5, 0.6) is 0 Å². The average molecular weight is 377 g/mol. The Labute approximate surface area is 156 Å². The van der Waals surface area contributed by atoms with E-state index in [9.17, 15) is 13.2 Å². The van der Waals surface area contributed by atoms with Crippen LogP contribution in [0.1, 0.15) is 42.5 Å². The van der Waals surface area contributed by atoms with Crippen molar-refractivity contribution in [3.05, 3.63) is 42.1 Å². The number of ketones is 1. The number of hydrogen-bond acceptors (Lipinski definition) is 5. The summed E-state index contributed by atoms with van der Waals surface area (Å²) in [4.78, 5) is 17.5. The zero-order valence-electron chi connectivity index (χ0n) is 15.4. The third-order valence-electron chi connectivity index (χ3n) is 5.32. The van der Waals surface area contributed by atoms with Crippen molar-refractivity contribution in [2.75, 3.05) is 32.4 Å². The van der Waals surface area contributed by atoms with Gasteiger partial charge in [0.2, 0.25) is 0 Å². The molecule has 6 heteroatoms. The number of benzene rings is 1. The lowest BCUT2D eigenvalue weighted by atomic mass is 10.1. The molecular weight excluding hydrogens is 348 g/mol. The molecule has 2 aliphatic heterocycles. The van der Waals surface area contributed by atoms with Crippen molar-refractivity contribution in [1.82, 2.24) is 9.80 Å². The molecule has 2 aliphatic rings. The van der Waals surface area contributed by atoms with Gasteiger partial charge in [-0.2, -0.15) is 0 Å². The van der Waals surface area contributed by atoms with E-state index in [2.05, 4.69) is 9.80 Å². The van der Waals surface area contributed by atoms with Crippen LogP contribution in [0.4, 0.5) is 0 Å². The molecule has 0 bridgehead atoms. The molecule has 2 saturated heterocycles. The van der Waals surface area contributed by atoms with E-state index in [1.165, 1.54) is 63.6 Å². The van der Waals surface area contributed by atoms with Crippen molar-refractivity contribution < 1.29 is 13.2 Å². The van der Waals surface area contributed by atoms with Crippen molar-refractivity contribution >= 4 is 15.6 Å². The van der Waals surface area contributed by atoms with Crippen LogP contribution in [0, 0.1) is 0 Å². The summed E-state index contributed by atoms with van der Waals surface area (Å²) in [7, 11) is -3.23. The van der Waals surface area contributed by atoms with Crippen molar-refractivity contribution in [2.24, 2.45) is 0 Å². The van der Waals surface area contributed by atoms with Crippen LogP contribution in [0.3, 0.4) is 0 Å². The van der Waals surface area contributed by atoms with Gasteiger partial charge < -0.3 is 9.80 Å². The monoisotopic (exact) mass is 376 g/mol. The Morgan fingerprint density at radius 3 is 2.42 bits per heavy atom. The number of hydrogen-bond donors (Lipinski definition) is 0. The molecule has 0 unspecified atom stereocenters. The summed E-state index contributed by atoms with van der Waals surface area (Å²) in [5.41, 5.74) is 0.514. The summed E-state index contributed by atoms with van der Waals surface area (Å²) >= 11 is 0. The number of sulfone groups is 1. The Morgan fingerprint density at radius 2 is 1.77 bits per heavy atom. The van der Waals surface area contributed by atoms with Crippen LogP contribution in [0.2, 0.25) is 0 Å². The maximum Gasteiger partial charge on any atom is 0.187 e. The van der Waals surface area contributed by atoms with Crippen LogP contribution in [-0.4, -0.2) is 62.5 Å². The van der Waals surface area contributed by atoms with Gasteiger partial charge in [-0.05, 0) is 63.0 Å². The fraction of sp³-hybridized carbons (Fsp3) is 0.550. The number of rotatable bonds is 6. The molecule has 0 amide bonds. The second-order valence-corrected chi connectivity index (χ2v) is 9.39. The second kappa shape index (κ2) is 8.35. The first-order valence-corrected chi connectivity index (χ1v) is 11.3. The molecule has 3 rings (SSSR count). The smallest absolute Gasteiger partial charge is 0.187 e. The van der Waals surface area contributed by atoms with E-state index >= 15 is 0 Å². The van der Waals surface area contributed by atoms with Crippen molar-refractivity contribution in [3.63, 3.8) is 0 Å². The van der Waals surface area contributed by atoms with E-state index in [4.69, 9.17) is 0 Å². The number of piperidine rings is 1. The van der Waals surface area contributed by atoms with Gasteiger partial charge in [0.15, 0.2) is 15.6 Å². The molecule has 2 fully saturated rings. The molecule has 1 atom stereocenters. The number of allylic oxidation sites excluding steroid dienone is 1. The van der Waals surface area contributed by atoms with Gasteiger partial charge in [-0.1, -0.05) is 6.42 Å². The van der Waals surface area contributed by atoms with Crippen LogP contribution in [0.15, 0.2) is 41.4 Å². The van der Waals surface area contributed by atoms with Gasteiger partial charge >= 0.3 is 0 Å². The quantitative estimate of drug-likeness (QED) is 0.564. The summed E-state index contributed by atoms with van der Waals surface area (Å²) in [6.45, 7) is 4.47. The summed E-state index contributed by atoms with van der Waals surface area (Å²) in [6, 6.07) is 6.64. The summed E-state index contributed by atoms with van der Waals surface area (Å²) < 4.78 is 23.0. The minimum Gasteiger partial charge on any atom is -0.373 e. The van der Waals surface area contributed by atoms with Gasteiger partial charge in [0.1, 0.15) is 0 Å². The highest BCUT2D eigenvalue weighted by molar-refractivity contribution is 7.90. The molecule has 0 N–H and O–H groups in total. The minimum absolute atomic E-state index is 0.0892. The molecule has 0 aromatic heterocycles. The Hall–Kier alpha value is -1.66. The summed E-state index contributed by atoms with van der Waals surface area (Å²) in [5, 5.41) is 0. The van der Waals surface area contributed by atoms with E-state index in [0.29, 0.717) is 11.6 Å². The highest BCUT2D eigenvalue weighted by atomic mass is 32.2. The third-order valence-corrected chi connectivity index (χ3v) is 6.45. The highest BCUT2D eigenvalue weighted by Crippen LogP contribution is 2.21. The van der Waals surface area contributed by atoms with E-state index in [0.717, 1.165) is 13.1 Å². The van der Waals surface area contributed by atoms with Gasteiger partial charge in [0.05, 0.1) is 4.90 Å². The van der Waals surface area contributed by atoms with Crippen LogP contribution in [0.25, 0.3) is 0 Å². The maximum absolute atomic E-state index is 12.4. The molecule has 5 nitrogen and oxygen atoms in total. The Balaban J connectivity index is 1.59. The van der Waals surface area contributed by atoms with E-state index < -0.39 is 9.84 Å². The number of carbonyl (C=O) groups is 1. The van der Waals surface area contributed by atoms with Crippen LogP contribution in [-0.2, 0) is 9.84 Å². The van der Waals surface area contributed by atoms with E-state index in [1.54, 1.807) is 18.2 Å². The van der Waals surface area contributed by atoms with Crippen LogP contribution < -0.4 is 0 Å². The normalized spacial score (nSPS) is 22.2. The Kier molecular flexibility index (Phi) is 6.14. The fourth-order valence-electron chi connectivity index (χ4n) is 3.82. The Bertz CT molecular complexity index is 750. The van der Waals surface area contributed by atoms with Gasteiger partial charge in [-0.25, -0.2) is 8.42 Å². The van der Waals surface area contributed by atoms with Crippen LogP contribution >= 0.6 is 0 Å². The third kappa shape index (κ3) is 4.95. The van der Waals surface area contributed by atoms with Gasteiger partial charge in [0, 0.05) is 43.2 Å². The topological polar surface area (TPSA) is 57.7 Å². The lowest BCUT2D eigenvalue weighted by Gasteiger charge is -2.32. The van der Waals surface area contributed by atoms with E-state index in [1.807, 2.05) is 6.20 Å². The Morgan fingerprint density at radius 1 is 1.08 bits per heavy atom. The summed E-state index contributed by atoms with van der Waals surface area (Å²) in [5.74, 6) is -0.0892. The van der Waals surface area contributed by atoms with Crippen molar-refractivity contribution in [1.29, 1.82) is 0 Å². The lowest BCUT2D eigenvalue weighted by Crippen LogP contribution is -2.40. The lowest BCUT2D eigenvalue weighted by molar-refractivity contribution is 0.104. The molecule has 0 radical (unpaired) electrons. The predicted octanol–water partition coefficient (Wildman–Crippen LogP) is 2.74. The highest BCUT2D eigenvalue weighted by Gasteiger charge is 2.24. The molecule has 2 heterocycles. The first-order chi connectivity index (χ1) is 12.4. The van der Waals surface area contributed by atoms with Gasteiger partial charge in [0.25, 0.3) is 0 Å². The second-order valence-electron chi connectivity index (χ2n) is 7.37. The average Bonchev–Trinajstić information content (AvgIpc) is 3.07.